The van der Waals surface area contributed by atoms with Gasteiger partial charge in [0.25, 0.3) is 0 Å². The van der Waals surface area contributed by atoms with E-state index in [1.807, 2.05) is 0 Å². The number of ether oxygens (including phenoxy) is 3. The zero-order valence-electron chi connectivity index (χ0n) is 14.7. The summed E-state index contributed by atoms with van der Waals surface area (Å²) in [6, 6.07) is 0. The molecule has 7 nitrogen and oxygen atoms in total. The largest absolute Gasteiger partial charge is 0.460 e. The molecular weight excluding hydrogens is 328 g/mol. The van der Waals surface area contributed by atoms with E-state index in [1.54, 1.807) is 13.8 Å². The van der Waals surface area contributed by atoms with Crippen molar-refractivity contribution < 1.29 is 33.4 Å². The first-order valence-electron chi connectivity index (χ1n) is 8.24. The Hall–Kier alpha value is -2.44. The summed E-state index contributed by atoms with van der Waals surface area (Å²) in [5, 5.41) is 0. The third-order valence-electron chi connectivity index (χ3n) is 3.46. The molecule has 1 aliphatic heterocycles. The fourth-order valence-electron chi connectivity index (χ4n) is 2.18. The van der Waals surface area contributed by atoms with Crippen LogP contribution < -0.4 is 0 Å². The quantitative estimate of drug-likeness (QED) is 0.526. The highest BCUT2D eigenvalue weighted by atomic mass is 16.6. The van der Waals surface area contributed by atoms with Gasteiger partial charge in [-0.15, -0.1) is 0 Å². The van der Waals surface area contributed by atoms with E-state index in [0.717, 1.165) is 12.2 Å². The monoisotopic (exact) mass is 352 g/mol. The van der Waals surface area contributed by atoms with E-state index in [-0.39, 0.29) is 12.2 Å². The van der Waals surface area contributed by atoms with Crippen molar-refractivity contribution in [3.8, 4) is 0 Å². The maximum Gasteiger partial charge on any atom is 0.331 e. The van der Waals surface area contributed by atoms with Crippen molar-refractivity contribution in [1.29, 1.82) is 0 Å². The molecule has 1 heterocycles. The maximum absolute atomic E-state index is 11.8. The number of carbonyl (C=O) groups is 4. The summed E-state index contributed by atoms with van der Waals surface area (Å²) in [5.41, 5.74) is 0. The minimum atomic E-state index is -0.619. The standard InChI is InChI=1S/C18H24O7/c1-12-4-6-15(20)7-10-17(21)24-13(2)5-8-16(25-14(3)19)9-11-18(22)23-12/h7,9-13,16H,4-6,8H2,1-3H3. The number of hydrogen-bond donors (Lipinski definition) is 0. The number of hydrogen-bond acceptors (Lipinski definition) is 7. The lowest BCUT2D eigenvalue weighted by Gasteiger charge is -2.17. The summed E-state index contributed by atoms with van der Waals surface area (Å²) < 4.78 is 15.4. The number of allylic oxidation sites excluding steroid dienone is 1. The van der Waals surface area contributed by atoms with E-state index in [1.165, 1.54) is 19.1 Å². The topological polar surface area (TPSA) is 96.0 Å². The molecule has 1 aliphatic rings. The molecule has 0 aromatic carbocycles. The normalized spacial score (nSPS) is 26.7. The van der Waals surface area contributed by atoms with Crippen LogP contribution in [0.2, 0.25) is 0 Å². The molecule has 0 bridgehead atoms. The lowest BCUT2D eigenvalue weighted by atomic mass is 10.1. The summed E-state index contributed by atoms with van der Waals surface area (Å²) in [4.78, 5) is 46.3. The average molecular weight is 352 g/mol. The first-order valence-corrected chi connectivity index (χ1v) is 8.24. The molecule has 0 fully saturated rings. The highest BCUT2D eigenvalue weighted by molar-refractivity contribution is 5.95. The summed E-state index contributed by atoms with van der Waals surface area (Å²) >= 11 is 0. The number of rotatable bonds is 1. The maximum atomic E-state index is 11.8. The Morgan fingerprint density at radius 3 is 2.20 bits per heavy atom. The molecule has 0 spiro atoms. The number of cyclic esters (lactones) is 2. The molecule has 0 aliphatic carbocycles. The van der Waals surface area contributed by atoms with Crippen molar-refractivity contribution in [1.82, 2.24) is 0 Å². The highest BCUT2D eigenvalue weighted by Crippen LogP contribution is 2.12. The van der Waals surface area contributed by atoms with Crippen LogP contribution in [0.5, 0.6) is 0 Å². The van der Waals surface area contributed by atoms with Crippen LogP contribution in [0.1, 0.15) is 46.5 Å². The zero-order chi connectivity index (χ0) is 18.8. The molecule has 7 heteroatoms. The van der Waals surface area contributed by atoms with Gasteiger partial charge in [-0.05, 0) is 45.3 Å². The van der Waals surface area contributed by atoms with Crippen molar-refractivity contribution in [3.05, 3.63) is 24.3 Å². The Kier molecular flexibility index (Phi) is 8.60. The molecule has 0 saturated heterocycles. The van der Waals surface area contributed by atoms with Gasteiger partial charge in [0.05, 0.1) is 12.2 Å². The molecule has 0 aromatic heterocycles. The SMILES string of the molecule is CC(=O)OC1C=CC(=O)OC(C)CCC(=O)C=CC(=O)OC(C)CC1. The van der Waals surface area contributed by atoms with E-state index in [2.05, 4.69) is 0 Å². The fraction of sp³-hybridized carbons (Fsp3) is 0.556. The van der Waals surface area contributed by atoms with Crippen LogP contribution in [0, 0.1) is 0 Å². The van der Waals surface area contributed by atoms with Crippen molar-refractivity contribution in [2.24, 2.45) is 0 Å². The summed E-state index contributed by atoms with van der Waals surface area (Å²) in [6.07, 6.45) is 4.66. The predicted octanol–water partition coefficient (Wildman–Crippen LogP) is 2.04. The third-order valence-corrected chi connectivity index (χ3v) is 3.46. The molecule has 0 aromatic rings. The molecule has 1 rings (SSSR count). The number of esters is 3. The Balaban J connectivity index is 2.85. The first kappa shape index (κ1) is 20.6. The Morgan fingerprint density at radius 2 is 1.56 bits per heavy atom. The minimum absolute atomic E-state index is 0.146. The third kappa shape index (κ3) is 9.44. The molecule has 0 N–H and O–H groups in total. The lowest BCUT2D eigenvalue weighted by Crippen LogP contribution is -2.20. The van der Waals surface area contributed by atoms with Crippen LogP contribution >= 0.6 is 0 Å². The van der Waals surface area contributed by atoms with Gasteiger partial charge in [-0.2, -0.15) is 0 Å². The molecule has 0 radical (unpaired) electrons. The second-order valence-electron chi connectivity index (χ2n) is 5.92. The molecule has 25 heavy (non-hydrogen) atoms. The van der Waals surface area contributed by atoms with Crippen LogP contribution in [0.25, 0.3) is 0 Å². The Morgan fingerprint density at radius 1 is 0.960 bits per heavy atom. The van der Waals surface area contributed by atoms with Gasteiger partial charge in [0, 0.05) is 25.5 Å². The van der Waals surface area contributed by atoms with E-state index in [9.17, 15) is 19.2 Å². The molecule has 0 amide bonds. The second-order valence-corrected chi connectivity index (χ2v) is 5.92. The summed E-state index contributed by atoms with van der Waals surface area (Å²) in [7, 11) is 0. The fourth-order valence-corrected chi connectivity index (χ4v) is 2.18. The van der Waals surface area contributed by atoms with Gasteiger partial charge < -0.3 is 14.2 Å². The Bertz CT molecular complexity index is 562. The van der Waals surface area contributed by atoms with Gasteiger partial charge in [0.1, 0.15) is 6.10 Å². The van der Waals surface area contributed by atoms with Crippen molar-refractivity contribution in [2.75, 3.05) is 0 Å². The predicted molar refractivity (Wildman–Crippen MR) is 88.4 cm³/mol. The number of carbonyl (C=O) groups excluding carboxylic acids is 4. The van der Waals surface area contributed by atoms with Crippen LogP contribution in [0.3, 0.4) is 0 Å². The summed E-state index contributed by atoms with van der Waals surface area (Å²) in [6.45, 7) is 4.64. The minimum Gasteiger partial charge on any atom is -0.460 e. The molecule has 138 valence electrons. The van der Waals surface area contributed by atoms with E-state index in [4.69, 9.17) is 14.2 Å². The van der Waals surface area contributed by atoms with Gasteiger partial charge in [0.2, 0.25) is 0 Å². The average Bonchev–Trinajstić information content (AvgIpc) is 2.52. The first-order chi connectivity index (χ1) is 11.8. The van der Waals surface area contributed by atoms with Crippen LogP contribution in [-0.4, -0.2) is 42.0 Å². The molecule has 3 atom stereocenters. The lowest BCUT2D eigenvalue weighted by molar-refractivity contribution is -0.147. The molecule has 3 unspecified atom stereocenters. The van der Waals surface area contributed by atoms with Gasteiger partial charge in [-0.25, -0.2) is 9.59 Å². The highest BCUT2D eigenvalue weighted by Gasteiger charge is 2.16. The smallest absolute Gasteiger partial charge is 0.331 e. The second kappa shape index (κ2) is 10.4. The van der Waals surface area contributed by atoms with Crippen LogP contribution in [0.15, 0.2) is 24.3 Å². The van der Waals surface area contributed by atoms with E-state index < -0.39 is 36.2 Å². The van der Waals surface area contributed by atoms with E-state index in [0.29, 0.717) is 19.3 Å². The molecule has 0 saturated carbocycles. The van der Waals surface area contributed by atoms with Crippen molar-refractivity contribution >= 4 is 23.7 Å². The van der Waals surface area contributed by atoms with E-state index >= 15 is 0 Å². The number of ketones is 1. The Labute approximate surface area is 147 Å². The zero-order valence-corrected chi connectivity index (χ0v) is 14.7. The van der Waals surface area contributed by atoms with Crippen LogP contribution in [0.4, 0.5) is 0 Å². The molecular formula is C18H24O7. The van der Waals surface area contributed by atoms with Crippen molar-refractivity contribution in [3.63, 3.8) is 0 Å². The van der Waals surface area contributed by atoms with Gasteiger partial charge in [-0.3, -0.25) is 9.59 Å². The van der Waals surface area contributed by atoms with Crippen molar-refractivity contribution in [2.45, 2.75) is 64.8 Å². The van der Waals surface area contributed by atoms with Gasteiger partial charge >= 0.3 is 17.9 Å². The van der Waals surface area contributed by atoms with Gasteiger partial charge in [0.15, 0.2) is 5.78 Å². The van der Waals surface area contributed by atoms with Crippen LogP contribution in [-0.2, 0) is 33.4 Å². The summed E-state index contributed by atoms with van der Waals surface area (Å²) in [5.74, 6) is -1.90. The van der Waals surface area contributed by atoms with Gasteiger partial charge in [-0.1, -0.05) is 0 Å².